The number of ether oxygens (including phenoxy) is 1. The molecule has 1 aromatic heterocycles. The molecule has 2 aromatic rings. The summed E-state index contributed by atoms with van der Waals surface area (Å²) in [6.07, 6.45) is 3.28. The molecule has 2 aliphatic rings. The van der Waals surface area contributed by atoms with E-state index in [1.807, 2.05) is 30.3 Å². The standard InChI is InChI=1S/C19H21N5O3/c1-23-15-11-24(12-16(15)27-8-7-17(23)25)18(26)13-9-20-19(21-10-13)22-14-5-3-2-4-6-14/h2-6,9-10,15-16H,7-8,11-12H2,1H3,(H,20,21,22)/t15-,16-/m0/s1. The Labute approximate surface area is 157 Å². The lowest BCUT2D eigenvalue weighted by molar-refractivity contribution is -0.131. The predicted molar refractivity (Wildman–Crippen MR) is 98.6 cm³/mol. The monoisotopic (exact) mass is 367 g/mol. The van der Waals surface area contributed by atoms with E-state index in [0.29, 0.717) is 37.6 Å². The van der Waals surface area contributed by atoms with Gasteiger partial charge in [0.2, 0.25) is 11.9 Å². The van der Waals surface area contributed by atoms with Crippen molar-refractivity contribution in [3.8, 4) is 0 Å². The van der Waals surface area contributed by atoms with E-state index < -0.39 is 0 Å². The summed E-state index contributed by atoms with van der Waals surface area (Å²) in [5, 5.41) is 3.09. The molecule has 0 bridgehead atoms. The van der Waals surface area contributed by atoms with Crippen molar-refractivity contribution in [2.75, 3.05) is 32.1 Å². The van der Waals surface area contributed by atoms with Gasteiger partial charge in [0.05, 0.1) is 30.7 Å². The third kappa shape index (κ3) is 3.61. The Balaban J connectivity index is 1.43. The second-order valence-electron chi connectivity index (χ2n) is 6.73. The Morgan fingerprint density at radius 3 is 2.67 bits per heavy atom. The van der Waals surface area contributed by atoms with Gasteiger partial charge in [-0.25, -0.2) is 9.97 Å². The second-order valence-corrected chi connectivity index (χ2v) is 6.73. The summed E-state index contributed by atoms with van der Waals surface area (Å²) < 4.78 is 5.77. The van der Waals surface area contributed by atoms with Gasteiger partial charge in [-0.15, -0.1) is 0 Å². The highest BCUT2D eigenvalue weighted by Gasteiger charge is 2.41. The van der Waals surface area contributed by atoms with Gasteiger partial charge in [0.15, 0.2) is 0 Å². The summed E-state index contributed by atoms with van der Waals surface area (Å²) in [4.78, 5) is 36.7. The van der Waals surface area contributed by atoms with Crippen LogP contribution >= 0.6 is 0 Å². The van der Waals surface area contributed by atoms with Crippen LogP contribution < -0.4 is 5.32 Å². The molecule has 0 spiro atoms. The van der Waals surface area contributed by atoms with Crippen LogP contribution in [0.1, 0.15) is 16.8 Å². The first-order valence-electron chi connectivity index (χ1n) is 8.92. The fraction of sp³-hybridized carbons (Fsp3) is 0.368. The molecule has 2 aliphatic heterocycles. The van der Waals surface area contributed by atoms with Gasteiger partial charge in [0, 0.05) is 38.2 Å². The molecule has 4 rings (SSSR count). The van der Waals surface area contributed by atoms with Gasteiger partial charge in [0.1, 0.15) is 0 Å². The zero-order valence-electron chi connectivity index (χ0n) is 15.0. The lowest BCUT2D eigenvalue weighted by atomic mass is 10.2. The molecule has 8 nitrogen and oxygen atoms in total. The SMILES string of the molecule is CN1C(=O)CCO[C@H]2CN(C(=O)c3cnc(Nc4ccccc4)nc3)C[C@@H]21. The number of carbonyl (C=O) groups excluding carboxylic acids is 2. The van der Waals surface area contributed by atoms with Crippen LogP contribution in [0.15, 0.2) is 42.7 Å². The lowest BCUT2D eigenvalue weighted by Gasteiger charge is -2.25. The first-order chi connectivity index (χ1) is 13.1. The number of benzene rings is 1. The summed E-state index contributed by atoms with van der Waals surface area (Å²) in [7, 11) is 1.77. The number of hydrogen-bond acceptors (Lipinski definition) is 6. The van der Waals surface area contributed by atoms with E-state index in [1.54, 1.807) is 16.8 Å². The Bertz CT molecular complexity index is 827. The molecule has 2 atom stereocenters. The fourth-order valence-electron chi connectivity index (χ4n) is 3.45. The Hall–Kier alpha value is -3.00. The molecular formula is C19H21N5O3. The molecule has 0 radical (unpaired) electrons. The summed E-state index contributed by atoms with van der Waals surface area (Å²) in [5.41, 5.74) is 1.29. The molecule has 27 heavy (non-hydrogen) atoms. The highest BCUT2D eigenvalue weighted by atomic mass is 16.5. The van der Waals surface area contributed by atoms with Crippen LogP contribution in [-0.2, 0) is 9.53 Å². The summed E-state index contributed by atoms with van der Waals surface area (Å²) in [6, 6.07) is 9.48. The Morgan fingerprint density at radius 1 is 1.19 bits per heavy atom. The topological polar surface area (TPSA) is 87.7 Å². The van der Waals surface area contributed by atoms with E-state index in [1.165, 1.54) is 12.4 Å². The van der Waals surface area contributed by atoms with Crippen LogP contribution in [0.4, 0.5) is 11.6 Å². The van der Waals surface area contributed by atoms with E-state index in [4.69, 9.17) is 4.74 Å². The number of nitrogens with one attached hydrogen (secondary N) is 1. The number of likely N-dealkylation sites (N-methyl/N-ethyl adjacent to an activating group) is 1. The third-order valence-electron chi connectivity index (χ3n) is 4.99. The zero-order valence-corrected chi connectivity index (χ0v) is 15.0. The van der Waals surface area contributed by atoms with Crippen LogP contribution in [0, 0.1) is 0 Å². The summed E-state index contributed by atoms with van der Waals surface area (Å²) in [6.45, 7) is 1.32. The number of likely N-dealkylation sites (tertiary alicyclic amines) is 1. The van der Waals surface area contributed by atoms with E-state index in [9.17, 15) is 9.59 Å². The predicted octanol–water partition coefficient (Wildman–Crippen LogP) is 1.29. The average molecular weight is 367 g/mol. The Morgan fingerprint density at radius 2 is 1.93 bits per heavy atom. The Kier molecular flexibility index (Phi) is 4.72. The largest absolute Gasteiger partial charge is 0.374 e. The molecule has 0 aliphatic carbocycles. The van der Waals surface area contributed by atoms with Gasteiger partial charge in [-0.2, -0.15) is 0 Å². The number of rotatable bonds is 3. The number of aromatic nitrogens is 2. The van der Waals surface area contributed by atoms with Crippen LogP contribution in [0.3, 0.4) is 0 Å². The average Bonchev–Trinajstić information content (AvgIpc) is 3.07. The number of anilines is 2. The summed E-state index contributed by atoms with van der Waals surface area (Å²) >= 11 is 0. The van der Waals surface area contributed by atoms with Crippen molar-refractivity contribution in [3.05, 3.63) is 48.3 Å². The lowest BCUT2D eigenvalue weighted by Crippen LogP contribution is -2.43. The van der Waals surface area contributed by atoms with Gasteiger partial charge in [-0.3, -0.25) is 9.59 Å². The molecule has 1 aromatic carbocycles. The minimum Gasteiger partial charge on any atom is -0.374 e. The number of nitrogens with zero attached hydrogens (tertiary/aromatic N) is 4. The van der Waals surface area contributed by atoms with Gasteiger partial charge in [-0.05, 0) is 12.1 Å². The summed E-state index contributed by atoms with van der Waals surface area (Å²) in [5.74, 6) is 0.327. The van der Waals surface area contributed by atoms with E-state index in [-0.39, 0.29) is 24.0 Å². The van der Waals surface area contributed by atoms with Crippen molar-refractivity contribution >= 4 is 23.5 Å². The maximum Gasteiger partial charge on any atom is 0.257 e. The van der Waals surface area contributed by atoms with Crippen molar-refractivity contribution in [3.63, 3.8) is 0 Å². The number of para-hydroxylation sites is 1. The minimum absolute atomic E-state index is 0.0523. The molecule has 2 fully saturated rings. The van der Waals surface area contributed by atoms with Gasteiger partial charge < -0.3 is 19.9 Å². The van der Waals surface area contributed by atoms with Crippen LogP contribution in [-0.4, -0.2) is 70.5 Å². The normalized spacial score (nSPS) is 22.3. The molecule has 3 heterocycles. The number of hydrogen-bond donors (Lipinski definition) is 1. The highest BCUT2D eigenvalue weighted by Crippen LogP contribution is 2.23. The first kappa shape index (κ1) is 17.4. The number of carbonyl (C=O) groups is 2. The highest BCUT2D eigenvalue weighted by molar-refractivity contribution is 5.94. The second kappa shape index (κ2) is 7.32. The maximum atomic E-state index is 12.8. The number of fused-ring (bicyclic) bond motifs is 1. The number of amides is 2. The molecule has 1 N–H and O–H groups in total. The van der Waals surface area contributed by atoms with Crippen molar-refractivity contribution in [1.29, 1.82) is 0 Å². The molecular weight excluding hydrogens is 346 g/mol. The quantitative estimate of drug-likeness (QED) is 0.880. The van der Waals surface area contributed by atoms with Crippen molar-refractivity contribution in [2.45, 2.75) is 18.6 Å². The fourth-order valence-corrected chi connectivity index (χ4v) is 3.45. The van der Waals surface area contributed by atoms with Crippen LogP contribution in [0.5, 0.6) is 0 Å². The van der Waals surface area contributed by atoms with Crippen molar-refractivity contribution < 1.29 is 14.3 Å². The van der Waals surface area contributed by atoms with E-state index >= 15 is 0 Å². The molecule has 0 saturated carbocycles. The molecule has 140 valence electrons. The molecule has 8 heteroatoms. The molecule has 2 saturated heterocycles. The van der Waals surface area contributed by atoms with Gasteiger partial charge in [0.25, 0.3) is 5.91 Å². The van der Waals surface area contributed by atoms with Crippen LogP contribution in [0.2, 0.25) is 0 Å². The van der Waals surface area contributed by atoms with Crippen molar-refractivity contribution in [1.82, 2.24) is 19.8 Å². The van der Waals surface area contributed by atoms with E-state index in [0.717, 1.165) is 5.69 Å². The van der Waals surface area contributed by atoms with Gasteiger partial charge in [-0.1, -0.05) is 18.2 Å². The molecule has 0 unspecified atom stereocenters. The zero-order chi connectivity index (χ0) is 18.8. The van der Waals surface area contributed by atoms with Crippen molar-refractivity contribution in [2.24, 2.45) is 0 Å². The van der Waals surface area contributed by atoms with E-state index in [2.05, 4.69) is 15.3 Å². The van der Waals surface area contributed by atoms with Crippen LogP contribution in [0.25, 0.3) is 0 Å². The smallest absolute Gasteiger partial charge is 0.257 e. The first-order valence-corrected chi connectivity index (χ1v) is 8.92. The minimum atomic E-state index is -0.154. The molecule has 2 amide bonds. The van der Waals surface area contributed by atoms with Gasteiger partial charge >= 0.3 is 0 Å². The third-order valence-corrected chi connectivity index (χ3v) is 4.99. The maximum absolute atomic E-state index is 12.8.